The third kappa shape index (κ3) is 3.65. The molecule has 0 bridgehead atoms. The molecule has 2 heterocycles. The summed E-state index contributed by atoms with van der Waals surface area (Å²) >= 11 is 0. The van der Waals surface area contributed by atoms with Gasteiger partial charge in [0.1, 0.15) is 0 Å². The van der Waals surface area contributed by atoms with E-state index < -0.39 is 5.97 Å². The Bertz CT molecular complexity index is 627. The number of hydrogen-bond acceptors (Lipinski definition) is 8. The lowest BCUT2D eigenvalue weighted by molar-refractivity contribution is 0.0526. The van der Waals surface area contributed by atoms with E-state index >= 15 is 0 Å². The van der Waals surface area contributed by atoms with Crippen LogP contribution in [0.2, 0.25) is 0 Å². The van der Waals surface area contributed by atoms with E-state index in [1.54, 1.807) is 6.92 Å². The maximum absolute atomic E-state index is 11.6. The zero-order chi connectivity index (χ0) is 15.2. The normalized spacial score (nSPS) is 10.4. The molecule has 0 aromatic carbocycles. The SMILES string of the molecule is CCCOc1nc(N)nc(-n2cc(C(=O)OCC)cn2)n1. The van der Waals surface area contributed by atoms with Crippen molar-refractivity contribution in [2.24, 2.45) is 0 Å². The minimum absolute atomic E-state index is 0.0132. The zero-order valence-corrected chi connectivity index (χ0v) is 11.8. The van der Waals surface area contributed by atoms with E-state index in [-0.39, 0.29) is 24.5 Å². The maximum atomic E-state index is 11.6. The van der Waals surface area contributed by atoms with Crippen LogP contribution in [0.1, 0.15) is 30.6 Å². The van der Waals surface area contributed by atoms with Crippen LogP contribution in [0.5, 0.6) is 6.01 Å². The molecule has 0 fully saturated rings. The average molecular weight is 292 g/mol. The molecule has 2 N–H and O–H groups in total. The van der Waals surface area contributed by atoms with Gasteiger partial charge in [-0.1, -0.05) is 6.92 Å². The summed E-state index contributed by atoms with van der Waals surface area (Å²) < 4.78 is 11.5. The highest BCUT2D eigenvalue weighted by Gasteiger charge is 2.13. The molecule has 0 aliphatic carbocycles. The number of rotatable bonds is 6. The van der Waals surface area contributed by atoms with Crippen molar-refractivity contribution in [3.63, 3.8) is 0 Å². The van der Waals surface area contributed by atoms with Crippen molar-refractivity contribution in [2.75, 3.05) is 18.9 Å². The van der Waals surface area contributed by atoms with Crippen LogP contribution < -0.4 is 10.5 Å². The van der Waals surface area contributed by atoms with Gasteiger partial charge in [0.2, 0.25) is 5.95 Å². The summed E-state index contributed by atoms with van der Waals surface area (Å²) in [5, 5.41) is 4.00. The van der Waals surface area contributed by atoms with E-state index in [0.717, 1.165) is 6.42 Å². The number of ether oxygens (including phenoxy) is 2. The van der Waals surface area contributed by atoms with Gasteiger partial charge in [0.05, 0.1) is 25.0 Å². The number of carbonyl (C=O) groups excluding carboxylic acids is 1. The molecule has 0 saturated carbocycles. The molecule has 2 aromatic rings. The molecule has 0 amide bonds. The van der Waals surface area contributed by atoms with Crippen LogP contribution in [0, 0.1) is 0 Å². The molecule has 0 atom stereocenters. The number of carbonyl (C=O) groups is 1. The second-order valence-corrected chi connectivity index (χ2v) is 4.02. The van der Waals surface area contributed by atoms with Gasteiger partial charge in [-0.2, -0.15) is 20.1 Å². The predicted octanol–water partition coefficient (Wildman–Crippen LogP) is 0.605. The first-order chi connectivity index (χ1) is 10.1. The van der Waals surface area contributed by atoms with Crippen LogP contribution in [0.15, 0.2) is 12.4 Å². The summed E-state index contributed by atoms with van der Waals surface area (Å²) in [5.74, 6) is -0.281. The maximum Gasteiger partial charge on any atom is 0.341 e. The van der Waals surface area contributed by atoms with Crippen molar-refractivity contribution < 1.29 is 14.3 Å². The summed E-state index contributed by atoms with van der Waals surface area (Å²) in [4.78, 5) is 23.5. The summed E-state index contributed by atoms with van der Waals surface area (Å²) in [6, 6.07) is 0.118. The topological polar surface area (TPSA) is 118 Å². The zero-order valence-electron chi connectivity index (χ0n) is 11.8. The van der Waals surface area contributed by atoms with Crippen LogP contribution in [0.25, 0.3) is 5.95 Å². The first-order valence-corrected chi connectivity index (χ1v) is 6.50. The highest BCUT2D eigenvalue weighted by atomic mass is 16.5. The highest BCUT2D eigenvalue weighted by Crippen LogP contribution is 2.10. The summed E-state index contributed by atoms with van der Waals surface area (Å²) in [7, 11) is 0. The number of nitrogens with zero attached hydrogens (tertiary/aromatic N) is 5. The largest absolute Gasteiger partial charge is 0.463 e. The summed E-state index contributed by atoms with van der Waals surface area (Å²) in [6.07, 6.45) is 3.64. The molecule has 0 aliphatic rings. The third-order valence-electron chi connectivity index (χ3n) is 2.35. The van der Waals surface area contributed by atoms with Crippen LogP contribution >= 0.6 is 0 Å². The van der Waals surface area contributed by atoms with Crippen LogP contribution in [0.4, 0.5) is 5.95 Å². The van der Waals surface area contributed by atoms with E-state index in [9.17, 15) is 4.79 Å². The molecule has 21 heavy (non-hydrogen) atoms. The van der Waals surface area contributed by atoms with Gasteiger partial charge < -0.3 is 15.2 Å². The minimum atomic E-state index is -0.465. The lowest BCUT2D eigenvalue weighted by atomic mass is 10.4. The van der Waals surface area contributed by atoms with E-state index in [0.29, 0.717) is 12.2 Å². The van der Waals surface area contributed by atoms with Gasteiger partial charge in [-0.3, -0.25) is 0 Å². The molecule has 2 rings (SSSR count). The average Bonchev–Trinajstić information content (AvgIpc) is 2.95. The fourth-order valence-corrected chi connectivity index (χ4v) is 1.47. The van der Waals surface area contributed by atoms with Gasteiger partial charge >= 0.3 is 12.0 Å². The summed E-state index contributed by atoms with van der Waals surface area (Å²) in [5.41, 5.74) is 5.91. The second-order valence-electron chi connectivity index (χ2n) is 4.02. The number of esters is 1. The Kier molecular flexibility index (Phi) is 4.64. The highest BCUT2D eigenvalue weighted by molar-refractivity contribution is 5.88. The Hall–Kier alpha value is -2.71. The van der Waals surface area contributed by atoms with E-state index in [4.69, 9.17) is 15.2 Å². The minimum Gasteiger partial charge on any atom is -0.463 e. The molecule has 0 saturated heterocycles. The second kappa shape index (κ2) is 6.64. The molecular weight excluding hydrogens is 276 g/mol. The van der Waals surface area contributed by atoms with Gasteiger partial charge in [-0.05, 0) is 13.3 Å². The van der Waals surface area contributed by atoms with Crippen LogP contribution in [-0.2, 0) is 4.74 Å². The van der Waals surface area contributed by atoms with Crippen molar-refractivity contribution in [3.8, 4) is 12.0 Å². The standard InChI is InChI=1S/C12H16N6O3/c1-3-5-21-12-16-10(13)15-11(17-12)18-7-8(6-14-18)9(19)20-4-2/h6-7H,3-5H2,1-2H3,(H2,13,15,16,17). The molecule has 2 aromatic heterocycles. The predicted molar refractivity (Wildman–Crippen MR) is 73.1 cm³/mol. The van der Waals surface area contributed by atoms with E-state index in [1.807, 2.05) is 6.92 Å². The van der Waals surface area contributed by atoms with E-state index in [2.05, 4.69) is 20.1 Å². The molecule has 0 unspecified atom stereocenters. The smallest absolute Gasteiger partial charge is 0.341 e. The number of anilines is 1. The fourth-order valence-electron chi connectivity index (χ4n) is 1.47. The van der Waals surface area contributed by atoms with Crippen molar-refractivity contribution in [3.05, 3.63) is 18.0 Å². The lowest BCUT2D eigenvalue weighted by Crippen LogP contribution is -2.10. The van der Waals surface area contributed by atoms with Crippen molar-refractivity contribution >= 4 is 11.9 Å². The summed E-state index contributed by atoms with van der Waals surface area (Å²) in [6.45, 7) is 4.45. The number of hydrogen-bond donors (Lipinski definition) is 1. The fraction of sp³-hybridized carbons (Fsp3) is 0.417. The van der Waals surface area contributed by atoms with Gasteiger partial charge in [0.25, 0.3) is 5.95 Å². The molecular formula is C12H16N6O3. The Morgan fingerprint density at radius 2 is 2.14 bits per heavy atom. The van der Waals surface area contributed by atoms with Crippen molar-refractivity contribution in [2.45, 2.75) is 20.3 Å². The van der Waals surface area contributed by atoms with Gasteiger partial charge in [-0.25, -0.2) is 9.48 Å². The van der Waals surface area contributed by atoms with E-state index in [1.165, 1.54) is 17.1 Å². The molecule has 9 nitrogen and oxygen atoms in total. The molecule has 0 radical (unpaired) electrons. The number of aromatic nitrogens is 5. The Morgan fingerprint density at radius 1 is 1.33 bits per heavy atom. The molecule has 0 aliphatic heterocycles. The Balaban J connectivity index is 2.25. The van der Waals surface area contributed by atoms with Crippen molar-refractivity contribution in [1.29, 1.82) is 0 Å². The van der Waals surface area contributed by atoms with Gasteiger partial charge in [0, 0.05) is 6.20 Å². The van der Waals surface area contributed by atoms with Gasteiger partial charge in [-0.15, -0.1) is 0 Å². The first kappa shape index (κ1) is 14.7. The molecule has 0 spiro atoms. The van der Waals surface area contributed by atoms with Gasteiger partial charge in [0.15, 0.2) is 0 Å². The van der Waals surface area contributed by atoms with Crippen LogP contribution in [-0.4, -0.2) is 43.9 Å². The quantitative estimate of drug-likeness (QED) is 0.769. The number of nitrogen functional groups attached to an aromatic ring is 1. The molecule has 9 heteroatoms. The van der Waals surface area contributed by atoms with Crippen LogP contribution in [0.3, 0.4) is 0 Å². The van der Waals surface area contributed by atoms with Crippen molar-refractivity contribution in [1.82, 2.24) is 24.7 Å². The Labute approximate surface area is 121 Å². The molecule has 112 valence electrons. The lowest BCUT2D eigenvalue weighted by Gasteiger charge is -2.05. The number of nitrogens with two attached hydrogens (primary N) is 1. The third-order valence-corrected chi connectivity index (χ3v) is 2.35. The first-order valence-electron chi connectivity index (χ1n) is 6.50. The monoisotopic (exact) mass is 292 g/mol. The Morgan fingerprint density at radius 3 is 2.86 bits per heavy atom.